The van der Waals surface area contributed by atoms with Crippen molar-refractivity contribution in [3.8, 4) is 0 Å². The van der Waals surface area contributed by atoms with Gasteiger partial charge in [0.25, 0.3) is 0 Å². The highest BCUT2D eigenvalue weighted by molar-refractivity contribution is 5.82. The lowest BCUT2D eigenvalue weighted by atomic mass is 9.86. The van der Waals surface area contributed by atoms with Crippen LogP contribution in [0.3, 0.4) is 0 Å². The number of hydrogen-bond donors (Lipinski definition) is 3. The van der Waals surface area contributed by atoms with Gasteiger partial charge < -0.3 is 15.7 Å². The summed E-state index contributed by atoms with van der Waals surface area (Å²) < 4.78 is 0. The first-order valence-electron chi connectivity index (χ1n) is 8.00. The zero-order valence-corrected chi connectivity index (χ0v) is 12.3. The third kappa shape index (κ3) is 3.44. The number of aliphatic hydroxyl groups excluding tert-OH is 1. The summed E-state index contributed by atoms with van der Waals surface area (Å²) >= 11 is 0. The van der Waals surface area contributed by atoms with Crippen LogP contribution < -0.4 is 10.6 Å². The molecule has 21 heavy (non-hydrogen) atoms. The molecule has 1 heterocycles. The number of hydrogen-bond acceptors (Lipinski definition) is 3. The zero-order valence-electron chi connectivity index (χ0n) is 12.3. The molecule has 3 rings (SSSR count). The van der Waals surface area contributed by atoms with Crippen LogP contribution in [0.25, 0.3) is 0 Å². The van der Waals surface area contributed by atoms with Gasteiger partial charge in [-0.05, 0) is 30.4 Å². The normalized spacial score (nSPS) is 28.7. The second-order valence-electron chi connectivity index (χ2n) is 6.26. The summed E-state index contributed by atoms with van der Waals surface area (Å²) in [6, 6.07) is 8.11. The Morgan fingerprint density at radius 1 is 1.24 bits per heavy atom. The van der Waals surface area contributed by atoms with E-state index >= 15 is 0 Å². The van der Waals surface area contributed by atoms with E-state index in [1.54, 1.807) is 0 Å². The maximum Gasteiger partial charge on any atom is 0.237 e. The molecule has 3 atom stereocenters. The molecule has 4 heteroatoms. The summed E-state index contributed by atoms with van der Waals surface area (Å²) in [5, 5.41) is 16.3. The minimum absolute atomic E-state index is 0.0577. The fourth-order valence-corrected chi connectivity index (χ4v) is 3.42. The van der Waals surface area contributed by atoms with Crippen LogP contribution in [0.5, 0.6) is 0 Å². The van der Waals surface area contributed by atoms with Crippen LogP contribution in [0.15, 0.2) is 24.3 Å². The van der Waals surface area contributed by atoms with Crippen molar-refractivity contribution in [2.45, 2.75) is 50.8 Å². The van der Waals surface area contributed by atoms with Gasteiger partial charge in [-0.3, -0.25) is 4.79 Å². The van der Waals surface area contributed by atoms with Crippen molar-refractivity contribution in [1.29, 1.82) is 0 Å². The zero-order chi connectivity index (χ0) is 14.7. The molecule has 0 saturated heterocycles. The Balaban J connectivity index is 1.52. The van der Waals surface area contributed by atoms with Crippen LogP contribution in [-0.4, -0.2) is 29.7 Å². The summed E-state index contributed by atoms with van der Waals surface area (Å²) in [4.78, 5) is 12.3. The molecular weight excluding hydrogens is 264 g/mol. The van der Waals surface area contributed by atoms with Crippen LogP contribution in [0.2, 0.25) is 0 Å². The van der Waals surface area contributed by atoms with Gasteiger partial charge >= 0.3 is 0 Å². The van der Waals surface area contributed by atoms with Crippen LogP contribution in [0.1, 0.15) is 36.8 Å². The quantitative estimate of drug-likeness (QED) is 0.787. The maximum absolute atomic E-state index is 12.3. The van der Waals surface area contributed by atoms with Crippen molar-refractivity contribution in [3.05, 3.63) is 35.4 Å². The fraction of sp³-hybridized carbons (Fsp3) is 0.588. The Labute approximate surface area is 125 Å². The van der Waals surface area contributed by atoms with E-state index in [0.29, 0.717) is 6.54 Å². The fourth-order valence-electron chi connectivity index (χ4n) is 3.42. The molecule has 2 aliphatic rings. The van der Waals surface area contributed by atoms with Gasteiger partial charge in [0.15, 0.2) is 0 Å². The van der Waals surface area contributed by atoms with E-state index in [0.717, 1.165) is 38.6 Å². The molecule has 4 nitrogen and oxygen atoms in total. The average Bonchev–Trinajstić information content (AvgIpc) is 2.53. The molecule has 0 spiro atoms. The van der Waals surface area contributed by atoms with Crippen LogP contribution >= 0.6 is 0 Å². The van der Waals surface area contributed by atoms with E-state index < -0.39 is 0 Å². The van der Waals surface area contributed by atoms with Gasteiger partial charge in [0.05, 0.1) is 12.1 Å². The molecule has 0 aromatic heterocycles. The highest BCUT2D eigenvalue weighted by Crippen LogP contribution is 2.23. The molecule has 2 unspecified atom stereocenters. The Morgan fingerprint density at radius 3 is 2.81 bits per heavy atom. The van der Waals surface area contributed by atoms with Crippen molar-refractivity contribution in [2.24, 2.45) is 5.92 Å². The lowest BCUT2D eigenvalue weighted by Gasteiger charge is -2.29. The van der Waals surface area contributed by atoms with Gasteiger partial charge in [-0.2, -0.15) is 0 Å². The molecule has 1 aliphatic heterocycles. The number of benzene rings is 1. The van der Waals surface area contributed by atoms with Gasteiger partial charge in [0.2, 0.25) is 5.91 Å². The van der Waals surface area contributed by atoms with Gasteiger partial charge in [0.1, 0.15) is 0 Å². The van der Waals surface area contributed by atoms with Gasteiger partial charge in [-0.25, -0.2) is 0 Å². The van der Waals surface area contributed by atoms with Gasteiger partial charge in [-0.1, -0.05) is 37.1 Å². The molecule has 1 aromatic carbocycles. The first-order chi connectivity index (χ1) is 10.2. The summed E-state index contributed by atoms with van der Waals surface area (Å²) in [5.74, 6) is 0.279. The predicted molar refractivity (Wildman–Crippen MR) is 81.7 cm³/mol. The van der Waals surface area contributed by atoms with E-state index in [4.69, 9.17) is 0 Å². The monoisotopic (exact) mass is 288 g/mol. The molecular formula is C17H24N2O2. The molecule has 1 aliphatic carbocycles. The highest BCUT2D eigenvalue weighted by Gasteiger charge is 2.27. The molecule has 0 bridgehead atoms. The molecule has 0 radical (unpaired) electrons. The maximum atomic E-state index is 12.3. The largest absolute Gasteiger partial charge is 0.393 e. The Bertz CT molecular complexity index is 503. The second-order valence-corrected chi connectivity index (χ2v) is 6.26. The topological polar surface area (TPSA) is 61.4 Å². The lowest BCUT2D eigenvalue weighted by Crippen LogP contribution is -2.49. The molecule has 114 valence electrons. The van der Waals surface area contributed by atoms with Crippen molar-refractivity contribution >= 4 is 5.91 Å². The number of aliphatic hydroxyl groups is 1. The van der Waals surface area contributed by atoms with E-state index in [2.05, 4.69) is 22.8 Å². The first kappa shape index (κ1) is 14.5. The van der Waals surface area contributed by atoms with Gasteiger partial charge in [0, 0.05) is 19.0 Å². The number of nitrogens with one attached hydrogen (secondary N) is 2. The first-order valence-corrected chi connectivity index (χ1v) is 8.00. The van der Waals surface area contributed by atoms with Crippen molar-refractivity contribution < 1.29 is 9.90 Å². The second kappa shape index (κ2) is 6.58. The lowest BCUT2D eigenvalue weighted by molar-refractivity contribution is -0.123. The SMILES string of the molecule is O=C(NCC1CCCCC1O)[C@@H]1Cc2ccccc2CN1. The Kier molecular flexibility index (Phi) is 4.56. The summed E-state index contributed by atoms with van der Waals surface area (Å²) in [6.07, 6.45) is 4.64. The van der Waals surface area contributed by atoms with Crippen LogP contribution in [-0.2, 0) is 17.8 Å². The average molecular weight is 288 g/mol. The molecule has 1 aromatic rings. The highest BCUT2D eigenvalue weighted by atomic mass is 16.3. The number of fused-ring (bicyclic) bond motifs is 1. The standard InChI is InChI=1S/C17H24N2O2/c20-16-8-4-3-7-14(16)11-19-17(21)15-9-12-5-1-2-6-13(12)10-18-15/h1-2,5-6,14-16,18,20H,3-4,7-11H2,(H,19,21)/t14?,15-,16?/m0/s1. The third-order valence-electron chi connectivity index (χ3n) is 4.81. The van der Waals surface area contributed by atoms with E-state index in [1.807, 2.05) is 12.1 Å². The van der Waals surface area contributed by atoms with Crippen molar-refractivity contribution in [3.63, 3.8) is 0 Å². The Morgan fingerprint density at radius 2 is 2.00 bits per heavy atom. The van der Waals surface area contributed by atoms with Crippen molar-refractivity contribution in [1.82, 2.24) is 10.6 Å². The van der Waals surface area contributed by atoms with E-state index in [-0.39, 0.29) is 24.0 Å². The predicted octanol–water partition coefficient (Wildman–Crippen LogP) is 1.37. The van der Waals surface area contributed by atoms with E-state index in [9.17, 15) is 9.90 Å². The summed E-state index contributed by atoms with van der Waals surface area (Å²) in [5.41, 5.74) is 2.54. The van der Waals surface area contributed by atoms with Crippen LogP contribution in [0, 0.1) is 5.92 Å². The minimum atomic E-state index is -0.251. The number of carbonyl (C=O) groups is 1. The number of carbonyl (C=O) groups excluding carboxylic acids is 1. The smallest absolute Gasteiger partial charge is 0.237 e. The molecule has 1 fully saturated rings. The van der Waals surface area contributed by atoms with Crippen molar-refractivity contribution in [2.75, 3.05) is 6.54 Å². The molecule has 1 saturated carbocycles. The molecule has 1 amide bonds. The Hall–Kier alpha value is -1.39. The van der Waals surface area contributed by atoms with Gasteiger partial charge in [-0.15, -0.1) is 0 Å². The minimum Gasteiger partial charge on any atom is -0.393 e. The number of amides is 1. The third-order valence-corrected chi connectivity index (χ3v) is 4.81. The summed E-state index contributed by atoms with van der Waals surface area (Å²) in [6.45, 7) is 1.35. The number of rotatable bonds is 3. The molecule has 3 N–H and O–H groups in total. The van der Waals surface area contributed by atoms with Crippen LogP contribution in [0.4, 0.5) is 0 Å². The van der Waals surface area contributed by atoms with E-state index in [1.165, 1.54) is 11.1 Å². The summed E-state index contributed by atoms with van der Waals surface area (Å²) in [7, 11) is 0.